The first kappa shape index (κ1) is 23.5. The van der Waals surface area contributed by atoms with Crippen molar-refractivity contribution < 1.29 is 14.3 Å². The molecule has 0 saturated heterocycles. The van der Waals surface area contributed by atoms with Crippen LogP contribution in [0.5, 0.6) is 11.5 Å². The molecule has 1 atom stereocenters. The van der Waals surface area contributed by atoms with E-state index in [1.807, 2.05) is 19.4 Å². The van der Waals surface area contributed by atoms with Crippen LogP contribution in [0.25, 0.3) is 0 Å². The van der Waals surface area contributed by atoms with Gasteiger partial charge < -0.3 is 20.1 Å². The predicted octanol–water partition coefficient (Wildman–Crippen LogP) is 2.91. The van der Waals surface area contributed by atoms with Crippen LogP contribution in [0, 0.1) is 0 Å². The lowest BCUT2D eigenvalue weighted by molar-refractivity contribution is 0.0950. The summed E-state index contributed by atoms with van der Waals surface area (Å²) in [5.74, 6) is 0.964. The van der Waals surface area contributed by atoms with E-state index in [9.17, 15) is 4.79 Å². The summed E-state index contributed by atoms with van der Waals surface area (Å²) in [5, 5.41) is 7.87. The maximum Gasteiger partial charge on any atom is 0.251 e. The van der Waals surface area contributed by atoms with Gasteiger partial charge in [-0.2, -0.15) is 0 Å². The van der Waals surface area contributed by atoms with Crippen LogP contribution in [0.4, 0.5) is 0 Å². The monoisotopic (exact) mass is 407 g/mol. The number of amides is 1. The van der Waals surface area contributed by atoms with Crippen LogP contribution in [-0.2, 0) is 6.61 Å². The topological polar surface area (TPSA) is 72.5 Å². The molecule has 0 aliphatic heterocycles. The van der Waals surface area contributed by atoms with Crippen LogP contribution in [-0.4, -0.2) is 37.6 Å². The number of aromatic nitrogens is 1. The fourth-order valence-electron chi connectivity index (χ4n) is 1.84. The number of thiazole rings is 1. The van der Waals surface area contributed by atoms with E-state index in [2.05, 4.69) is 15.6 Å². The molecule has 1 aromatic carbocycles. The van der Waals surface area contributed by atoms with Gasteiger partial charge in [-0.05, 0) is 32.2 Å². The lowest BCUT2D eigenvalue weighted by Gasteiger charge is -2.13. The number of ether oxygens (including phenoxy) is 2. The molecule has 1 heterocycles. The van der Waals surface area contributed by atoms with E-state index in [1.54, 1.807) is 30.8 Å². The van der Waals surface area contributed by atoms with Crippen molar-refractivity contribution in [3.63, 3.8) is 0 Å². The molecule has 0 bridgehead atoms. The van der Waals surface area contributed by atoms with E-state index < -0.39 is 0 Å². The zero-order valence-corrected chi connectivity index (χ0v) is 16.7. The van der Waals surface area contributed by atoms with E-state index >= 15 is 0 Å². The van der Waals surface area contributed by atoms with Gasteiger partial charge in [0.2, 0.25) is 0 Å². The number of halogens is 2. The summed E-state index contributed by atoms with van der Waals surface area (Å²) in [6.07, 6.45) is 0. The molecule has 0 fully saturated rings. The van der Waals surface area contributed by atoms with Crippen molar-refractivity contribution in [1.82, 2.24) is 15.6 Å². The molecule has 9 heteroatoms. The average Bonchev–Trinajstić information content (AvgIpc) is 3.10. The Labute approximate surface area is 164 Å². The first-order chi connectivity index (χ1) is 11.1. The SMILES string of the molecule is CNC(C)CNC(=O)c1ccc(OCc2cscn2)c(OC)c1.Cl.Cl. The maximum atomic E-state index is 12.1. The highest BCUT2D eigenvalue weighted by Gasteiger charge is 2.12. The van der Waals surface area contributed by atoms with Crippen LogP contribution in [0.3, 0.4) is 0 Å². The summed E-state index contributed by atoms with van der Waals surface area (Å²) in [4.78, 5) is 16.3. The third kappa shape index (κ3) is 7.07. The lowest BCUT2D eigenvalue weighted by Crippen LogP contribution is -2.37. The van der Waals surface area contributed by atoms with Gasteiger partial charge in [-0.25, -0.2) is 4.98 Å². The minimum atomic E-state index is -0.142. The van der Waals surface area contributed by atoms with E-state index in [0.717, 1.165) is 5.69 Å². The normalized spacial score (nSPS) is 10.8. The van der Waals surface area contributed by atoms with E-state index in [4.69, 9.17) is 9.47 Å². The van der Waals surface area contributed by atoms with Crippen LogP contribution in [0.1, 0.15) is 23.0 Å². The number of rotatable bonds is 8. The van der Waals surface area contributed by atoms with Gasteiger partial charge in [-0.1, -0.05) is 0 Å². The lowest BCUT2D eigenvalue weighted by atomic mass is 10.2. The Kier molecular flexibility index (Phi) is 11.2. The Bertz CT molecular complexity index is 642. The quantitative estimate of drug-likeness (QED) is 0.703. The van der Waals surface area contributed by atoms with E-state index in [0.29, 0.717) is 30.2 Å². The van der Waals surface area contributed by atoms with Crippen molar-refractivity contribution in [3.8, 4) is 11.5 Å². The largest absolute Gasteiger partial charge is 0.493 e. The van der Waals surface area contributed by atoms with Crippen LogP contribution in [0.2, 0.25) is 0 Å². The van der Waals surface area contributed by atoms with Crippen LogP contribution < -0.4 is 20.1 Å². The highest BCUT2D eigenvalue weighted by Crippen LogP contribution is 2.28. The number of nitrogens with zero attached hydrogens (tertiary/aromatic N) is 1. The highest BCUT2D eigenvalue weighted by atomic mass is 35.5. The molecule has 2 N–H and O–H groups in total. The average molecular weight is 408 g/mol. The second kappa shape index (κ2) is 11.9. The number of hydrogen-bond donors (Lipinski definition) is 2. The number of methoxy groups -OCH3 is 1. The summed E-state index contributed by atoms with van der Waals surface area (Å²) >= 11 is 1.52. The molecule has 0 radical (unpaired) electrons. The Hall–Kier alpha value is -1.54. The van der Waals surface area contributed by atoms with Gasteiger partial charge in [-0.15, -0.1) is 36.2 Å². The van der Waals surface area contributed by atoms with Gasteiger partial charge in [0.1, 0.15) is 6.61 Å². The summed E-state index contributed by atoms with van der Waals surface area (Å²) in [5.41, 5.74) is 3.15. The number of nitrogens with one attached hydrogen (secondary N) is 2. The minimum Gasteiger partial charge on any atom is -0.493 e. The molecule has 0 aliphatic rings. The van der Waals surface area contributed by atoms with Gasteiger partial charge in [0.05, 0.1) is 18.3 Å². The first-order valence-corrected chi connectivity index (χ1v) is 8.21. The molecule has 0 spiro atoms. The molecular weight excluding hydrogens is 385 g/mol. The van der Waals surface area contributed by atoms with Crippen molar-refractivity contribution in [2.45, 2.75) is 19.6 Å². The number of likely N-dealkylation sites (N-methyl/N-ethyl adjacent to an activating group) is 1. The van der Waals surface area contributed by atoms with Gasteiger partial charge in [0.25, 0.3) is 5.91 Å². The van der Waals surface area contributed by atoms with Crippen molar-refractivity contribution in [3.05, 3.63) is 40.3 Å². The Morgan fingerprint density at radius 2 is 2.08 bits per heavy atom. The smallest absolute Gasteiger partial charge is 0.251 e. The van der Waals surface area contributed by atoms with Crippen LogP contribution >= 0.6 is 36.2 Å². The molecule has 1 amide bonds. The van der Waals surface area contributed by atoms with Crippen molar-refractivity contribution in [1.29, 1.82) is 0 Å². The fraction of sp³-hybridized carbons (Fsp3) is 0.375. The van der Waals surface area contributed by atoms with Crippen molar-refractivity contribution in [2.75, 3.05) is 20.7 Å². The van der Waals surface area contributed by atoms with Crippen molar-refractivity contribution in [2.24, 2.45) is 0 Å². The molecule has 1 unspecified atom stereocenters. The first-order valence-electron chi connectivity index (χ1n) is 7.27. The minimum absolute atomic E-state index is 0. The predicted molar refractivity (Wildman–Crippen MR) is 105 cm³/mol. The highest BCUT2D eigenvalue weighted by molar-refractivity contribution is 7.07. The van der Waals surface area contributed by atoms with E-state index in [1.165, 1.54) is 11.3 Å². The number of carbonyl (C=O) groups excluding carboxylic acids is 1. The standard InChI is InChI=1S/C16H21N3O3S.2ClH/c1-11(17-2)7-18-16(20)12-4-5-14(15(6-12)21-3)22-8-13-9-23-10-19-13;;/h4-6,9-11,17H,7-8H2,1-3H3,(H,18,20);2*1H. The summed E-state index contributed by atoms with van der Waals surface area (Å²) in [6, 6.07) is 5.34. The maximum absolute atomic E-state index is 12.1. The molecule has 0 saturated carbocycles. The van der Waals surface area contributed by atoms with E-state index in [-0.39, 0.29) is 36.8 Å². The Balaban J connectivity index is 0.00000288. The summed E-state index contributed by atoms with van der Waals surface area (Å²) < 4.78 is 11.0. The van der Waals surface area contributed by atoms with Gasteiger partial charge >= 0.3 is 0 Å². The third-order valence-electron chi connectivity index (χ3n) is 3.35. The van der Waals surface area contributed by atoms with Gasteiger partial charge in [0, 0.05) is 23.5 Å². The molecule has 2 aromatic rings. The second-order valence-corrected chi connectivity index (χ2v) is 5.75. The zero-order valence-electron chi connectivity index (χ0n) is 14.3. The molecular formula is C16H23Cl2N3O3S. The third-order valence-corrected chi connectivity index (χ3v) is 3.98. The Morgan fingerprint density at radius 3 is 2.68 bits per heavy atom. The number of carbonyl (C=O) groups is 1. The van der Waals surface area contributed by atoms with Crippen LogP contribution in [0.15, 0.2) is 29.1 Å². The summed E-state index contributed by atoms with van der Waals surface area (Å²) in [6.45, 7) is 2.92. The zero-order chi connectivity index (χ0) is 16.7. The number of benzene rings is 1. The molecule has 140 valence electrons. The Morgan fingerprint density at radius 1 is 1.32 bits per heavy atom. The molecule has 2 rings (SSSR count). The summed E-state index contributed by atoms with van der Waals surface area (Å²) in [7, 11) is 3.41. The second-order valence-electron chi connectivity index (χ2n) is 5.03. The van der Waals surface area contributed by atoms with Gasteiger partial charge in [-0.3, -0.25) is 4.79 Å². The fourth-order valence-corrected chi connectivity index (χ4v) is 2.38. The van der Waals surface area contributed by atoms with Crippen molar-refractivity contribution >= 4 is 42.1 Å². The van der Waals surface area contributed by atoms with Gasteiger partial charge in [0.15, 0.2) is 11.5 Å². The number of hydrogen-bond acceptors (Lipinski definition) is 6. The molecule has 1 aromatic heterocycles. The molecule has 0 aliphatic carbocycles. The molecule has 6 nitrogen and oxygen atoms in total. The molecule has 25 heavy (non-hydrogen) atoms.